The van der Waals surface area contributed by atoms with E-state index in [1.54, 1.807) is 24.0 Å². The summed E-state index contributed by atoms with van der Waals surface area (Å²) in [5.41, 5.74) is 0.940. The third-order valence-corrected chi connectivity index (χ3v) is 5.46. The van der Waals surface area contributed by atoms with E-state index in [0.29, 0.717) is 50.5 Å². The van der Waals surface area contributed by atoms with E-state index in [1.807, 2.05) is 13.0 Å². The molecule has 29 heavy (non-hydrogen) atoms. The zero-order chi connectivity index (χ0) is 20.4. The number of benzene rings is 1. The first-order chi connectivity index (χ1) is 14.0. The van der Waals surface area contributed by atoms with E-state index in [-0.39, 0.29) is 11.7 Å². The Morgan fingerprint density at radius 1 is 0.931 bits per heavy atom. The number of aryl methyl sites for hydroxylation is 2. The van der Waals surface area contributed by atoms with Crippen molar-refractivity contribution < 1.29 is 13.9 Å². The molecule has 1 aromatic heterocycles. The molecular weight excluding hydrogens is 373 g/mol. The van der Waals surface area contributed by atoms with Crippen LogP contribution in [-0.2, 0) is 4.74 Å². The van der Waals surface area contributed by atoms with Crippen molar-refractivity contribution in [3.63, 3.8) is 0 Å². The van der Waals surface area contributed by atoms with Gasteiger partial charge in [-0.3, -0.25) is 4.79 Å². The summed E-state index contributed by atoms with van der Waals surface area (Å²) in [6, 6.07) is 6.68. The number of nitrogens with zero attached hydrogens (tertiary/aromatic N) is 5. The van der Waals surface area contributed by atoms with Gasteiger partial charge in [0, 0.05) is 50.9 Å². The zero-order valence-electron chi connectivity index (χ0n) is 16.9. The van der Waals surface area contributed by atoms with Crippen molar-refractivity contribution in [1.29, 1.82) is 0 Å². The van der Waals surface area contributed by atoms with Crippen LogP contribution in [0.25, 0.3) is 0 Å². The van der Waals surface area contributed by atoms with E-state index in [0.717, 1.165) is 30.5 Å². The molecule has 1 aromatic carbocycles. The summed E-state index contributed by atoms with van der Waals surface area (Å²) in [5, 5.41) is 0. The summed E-state index contributed by atoms with van der Waals surface area (Å²) in [5.74, 6) is 2.06. The number of carbonyl (C=O) groups is 1. The molecule has 0 bridgehead atoms. The Hall–Kier alpha value is -2.74. The summed E-state index contributed by atoms with van der Waals surface area (Å²) in [6.07, 6.45) is 0. The Morgan fingerprint density at radius 2 is 1.55 bits per heavy atom. The molecule has 0 aliphatic carbocycles. The van der Waals surface area contributed by atoms with Gasteiger partial charge in [0.1, 0.15) is 23.3 Å². The fourth-order valence-corrected chi connectivity index (χ4v) is 3.70. The minimum atomic E-state index is -0.346. The number of amides is 1. The number of rotatable bonds is 3. The van der Waals surface area contributed by atoms with Crippen molar-refractivity contribution in [3.8, 4) is 0 Å². The Bertz CT molecular complexity index is 893. The number of aromatic nitrogens is 2. The zero-order valence-corrected chi connectivity index (χ0v) is 16.9. The van der Waals surface area contributed by atoms with Gasteiger partial charge in [0.2, 0.25) is 0 Å². The molecule has 0 atom stereocenters. The van der Waals surface area contributed by atoms with Crippen LogP contribution in [0.1, 0.15) is 21.7 Å². The number of morpholine rings is 1. The number of carbonyl (C=O) groups excluding carboxylic acids is 1. The number of anilines is 2. The van der Waals surface area contributed by atoms with Gasteiger partial charge >= 0.3 is 0 Å². The molecular formula is C21H26FN5O2. The molecule has 0 spiro atoms. The lowest BCUT2D eigenvalue weighted by molar-refractivity contribution is 0.0746. The van der Waals surface area contributed by atoms with Crippen molar-refractivity contribution in [2.24, 2.45) is 0 Å². The summed E-state index contributed by atoms with van der Waals surface area (Å²) in [4.78, 5) is 28.1. The van der Waals surface area contributed by atoms with Crippen LogP contribution in [0.3, 0.4) is 0 Å². The van der Waals surface area contributed by atoms with E-state index >= 15 is 0 Å². The van der Waals surface area contributed by atoms with Gasteiger partial charge in [0.05, 0.1) is 13.2 Å². The van der Waals surface area contributed by atoms with Crippen molar-refractivity contribution in [2.75, 3.05) is 62.3 Å². The van der Waals surface area contributed by atoms with Crippen molar-refractivity contribution in [3.05, 3.63) is 47.0 Å². The van der Waals surface area contributed by atoms with Gasteiger partial charge < -0.3 is 19.4 Å². The number of halogens is 1. The SMILES string of the molecule is Cc1nc(N2CCOCC2)cc(N2CCN(C(=O)c3ccc(C)c(F)c3)CC2)n1. The standard InChI is InChI=1S/C21H26FN5O2/c1-15-3-4-17(13-18(15)22)21(28)27-7-5-25(6-8-27)19-14-20(24-16(2)23-19)26-9-11-29-12-10-26/h3-4,13-14H,5-12H2,1-2H3. The summed E-state index contributed by atoms with van der Waals surface area (Å²) < 4.78 is 19.2. The second kappa shape index (κ2) is 8.32. The molecule has 2 aliphatic heterocycles. The monoisotopic (exact) mass is 399 g/mol. The molecule has 4 rings (SSSR count). The third-order valence-electron chi connectivity index (χ3n) is 5.46. The molecule has 8 heteroatoms. The Labute approximate surface area is 170 Å². The summed E-state index contributed by atoms with van der Waals surface area (Å²) in [6.45, 7) is 9.16. The summed E-state index contributed by atoms with van der Waals surface area (Å²) >= 11 is 0. The second-order valence-electron chi connectivity index (χ2n) is 7.47. The van der Waals surface area contributed by atoms with Crippen LogP contribution in [0.4, 0.5) is 16.0 Å². The highest BCUT2D eigenvalue weighted by Gasteiger charge is 2.24. The first-order valence-electron chi connectivity index (χ1n) is 10.00. The van der Waals surface area contributed by atoms with Crippen LogP contribution in [0, 0.1) is 19.7 Å². The quantitative estimate of drug-likeness (QED) is 0.787. The second-order valence-corrected chi connectivity index (χ2v) is 7.47. The Morgan fingerprint density at radius 3 is 2.17 bits per heavy atom. The highest BCUT2D eigenvalue weighted by atomic mass is 19.1. The molecule has 2 aromatic rings. The third kappa shape index (κ3) is 4.32. The van der Waals surface area contributed by atoms with Gasteiger partial charge in [-0.1, -0.05) is 6.07 Å². The molecule has 1 amide bonds. The molecule has 0 radical (unpaired) electrons. The Kier molecular flexibility index (Phi) is 5.62. The molecule has 2 saturated heterocycles. The average molecular weight is 399 g/mol. The number of ether oxygens (including phenoxy) is 1. The van der Waals surface area contributed by atoms with E-state index < -0.39 is 0 Å². The van der Waals surface area contributed by atoms with E-state index in [2.05, 4.69) is 19.8 Å². The summed E-state index contributed by atoms with van der Waals surface area (Å²) in [7, 11) is 0. The largest absolute Gasteiger partial charge is 0.378 e. The van der Waals surface area contributed by atoms with Crippen molar-refractivity contribution in [2.45, 2.75) is 13.8 Å². The first-order valence-corrected chi connectivity index (χ1v) is 10.00. The number of piperazine rings is 1. The minimum Gasteiger partial charge on any atom is -0.378 e. The maximum Gasteiger partial charge on any atom is 0.254 e. The lowest BCUT2D eigenvalue weighted by Crippen LogP contribution is -2.49. The maximum absolute atomic E-state index is 13.8. The van der Waals surface area contributed by atoms with Crippen LogP contribution in [0.5, 0.6) is 0 Å². The minimum absolute atomic E-state index is 0.128. The number of hydrogen-bond donors (Lipinski definition) is 0. The molecule has 2 aliphatic rings. The molecule has 7 nitrogen and oxygen atoms in total. The van der Waals surface area contributed by atoms with Gasteiger partial charge in [-0.2, -0.15) is 0 Å². The topological polar surface area (TPSA) is 61.8 Å². The van der Waals surface area contributed by atoms with E-state index in [9.17, 15) is 9.18 Å². The molecule has 3 heterocycles. The molecule has 0 saturated carbocycles. The maximum atomic E-state index is 13.8. The van der Waals surface area contributed by atoms with Crippen molar-refractivity contribution >= 4 is 17.5 Å². The predicted octanol–water partition coefficient (Wildman–Crippen LogP) is 2.03. The molecule has 2 fully saturated rings. The van der Waals surface area contributed by atoms with Crippen LogP contribution in [-0.4, -0.2) is 73.3 Å². The van der Waals surface area contributed by atoms with Gasteiger partial charge in [-0.25, -0.2) is 14.4 Å². The predicted molar refractivity (Wildman–Crippen MR) is 109 cm³/mol. The van der Waals surface area contributed by atoms with Gasteiger partial charge in [-0.05, 0) is 31.5 Å². The molecule has 154 valence electrons. The van der Waals surface area contributed by atoms with Gasteiger partial charge in [0.15, 0.2) is 0 Å². The lowest BCUT2D eigenvalue weighted by Gasteiger charge is -2.36. The lowest BCUT2D eigenvalue weighted by atomic mass is 10.1. The van der Waals surface area contributed by atoms with Gasteiger partial charge in [0.25, 0.3) is 5.91 Å². The normalized spacial score (nSPS) is 17.6. The van der Waals surface area contributed by atoms with Crippen molar-refractivity contribution in [1.82, 2.24) is 14.9 Å². The highest BCUT2D eigenvalue weighted by molar-refractivity contribution is 5.94. The van der Waals surface area contributed by atoms with Crippen LogP contribution < -0.4 is 9.80 Å². The molecule has 0 N–H and O–H groups in total. The van der Waals surface area contributed by atoms with Crippen LogP contribution in [0.2, 0.25) is 0 Å². The van der Waals surface area contributed by atoms with E-state index in [4.69, 9.17) is 4.74 Å². The average Bonchev–Trinajstić information content (AvgIpc) is 2.75. The van der Waals surface area contributed by atoms with Crippen LogP contribution in [0.15, 0.2) is 24.3 Å². The first kappa shape index (κ1) is 19.6. The fraction of sp³-hybridized carbons (Fsp3) is 0.476. The highest BCUT2D eigenvalue weighted by Crippen LogP contribution is 2.22. The fourth-order valence-electron chi connectivity index (χ4n) is 3.70. The molecule has 0 unspecified atom stereocenters. The van der Waals surface area contributed by atoms with Crippen LogP contribution >= 0.6 is 0 Å². The van der Waals surface area contributed by atoms with E-state index in [1.165, 1.54) is 6.07 Å². The number of hydrogen-bond acceptors (Lipinski definition) is 6. The Balaban J connectivity index is 1.43. The van der Waals surface area contributed by atoms with Gasteiger partial charge in [-0.15, -0.1) is 0 Å². The smallest absolute Gasteiger partial charge is 0.254 e.